The monoisotopic (exact) mass is 337 g/mol. The van der Waals surface area contributed by atoms with Crippen molar-refractivity contribution in [3.05, 3.63) is 58.0 Å². The molecule has 2 aliphatic rings. The third-order valence-electron chi connectivity index (χ3n) is 5.10. The molecule has 1 amide bonds. The summed E-state index contributed by atoms with van der Waals surface area (Å²) in [6.07, 6.45) is 5.27. The molecule has 1 fully saturated rings. The standard InChI is InChI=1S/C20H19NO4/c1-11-15(20(24)21-12-7-3-2-4-8-12)16-17(22)13-9-5-6-10-14(13)18(23)19(16)25-11/h5-6,9-10,12H,2-4,7-8H2,1H3,(H,21,24). The highest BCUT2D eigenvalue weighted by atomic mass is 16.4. The van der Waals surface area contributed by atoms with E-state index < -0.39 is 0 Å². The predicted octanol–water partition coefficient (Wildman–Crippen LogP) is 3.43. The Bertz CT molecular complexity index is 887. The van der Waals surface area contributed by atoms with Crippen LogP contribution in [0.2, 0.25) is 0 Å². The summed E-state index contributed by atoms with van der Waals surface area (Å²) in [5.74, 6) is -0.696. The molecular formula is C20H19NO4. The van der Waals surface area contributed by atoms with E-state index in [0.29, 0.717) is 16.9 Å². The highest BCUT2D eigenvalue weighted by Crippen LogP contribution is 2.33. The van der Waals surface area contributed by atoms with Crippen LogP contribution >= 0.6 is 0 Å². The second kappa shape index (κ2) is 5.99. The number of hydrogen-bond donors (Lipinski definition) is 1. The number of aryl methyl sites for hydroxylation is 1. The first-order valence-electron chi connectivity index (χ1n) is 8.70. The highest BCUT2D eigenvalue weighted by Gasteiger charge is 2.38. The molecule has 0 bridgehead atoms. The maximum atomic E-state index is 12.9. The summed E-state index contributed by atoms with van der Waals surface area (Å²) in [6.45, 7) is 1.62. The van der Waals surface area contributed by atoms with Crippen LogP contribution in [0.4, 0.5) is 0 Å². The van der Waals surface area contributed by atoms with Crippen LogP contribution in [0.5, 0.6) is 0 Å². The van der Waals surface area contributed by atoms with Gasteiger partial charge in [-0.2, -0.15) is 0 Å². The smallest absolute Gasteiger partial charge is 0.255 e. The number of rotatable bonds is 2. The van der Waals surface area contributed by atoms with Crippen molar-refractivity contribution in [2.75, 3.05) is 0 Å². The Morgan fingerprint density at radius 2 is 1.68 bits per heavy atom. The number of amides is 1. The zero-order valence-corrected chi connectivity index (χ0v) is 14.1. The largest absolute Gasteiger partial charge is 0.456 e. The van der Waals surface area contributed by atoms with Gasteiger partial charge in [0.2, 0.25) is 5.78 Å². The summed E-state index contributed by atoms with van der Waals surface area (Å²) < 4.78 is 5.56. The second-order valence-electron chi connectivity index (χ2n) is 6.75. The molecule has 0 aliphatic heterocycles. The number of ketones is 2. The summed E-state index contributed by atoms with van der Waals surface area (Å²) in [5, 5.41) is 3.01. The predicted molar refractivity (Wildman–Crippen MR) is 91.1 cm³/mol. The topological polar surface area (TPSA) is 76.4 Å². The Morgan fingerprint density at radius 1 is 1.04 bits per heavy atom. The van der Waals surface area contributed by atoms with Gasteiger partial charge in [0.1, 0.15) is 5.76 Å². The van der Waals surface area contributed by atoms with E-state index in [2.05, 4.69) is 5.32 Å². The van der Waals surface area contributed by atoms with Crippen LogP contribution in [0.15, 0.2) is 28.7 Å². The number of benzene rings is 1. The minimum Gasteiger partial charge on any atom is -0.456 e. The minimum absolute atomic E-state index is 0.0185. The third kappa shape index (κ3) is 2.51. The van der Waals surface area contributed by atoms with Crippen molar-refractivity contribution in [2.24, 2.45) is 0 Å². The molecule has 0 unspecified atom stereocenters. The van der Waals surface area contributed by atoms with Crippen molar-refractivity contribution in [1.82, 2.24) is 5.32 Å². The van der Waals surface area contributed by atoms with Gasteiger partial charge in [0.05, 0.1) is 11.1 Å². The highest BCUT2D eigenvalue weighted by molar-refractivity contribution is 6.30. The molecule has 1 aromatic carbocycles. The van der Waals surface area contributed by atoms with E-state index in [1.807, 2.05) is 0 Å². The van der Waals surface area contributed by atoms with Gasteiger partial charge in [-0.3, -0.25) is 14.4 Å². The van der Waals surface area contributed by atoms with Gasteiger partial charge in [-0.1, -0.05) is 43.5 Å². The number of hydrogen-bond acceptors (Lipinski definition) is 4. The molecule has 1 N–H and O–H groups in total. The molecule has 0 radical (unpaired) electrons. The summed E-state index contributed by atoms with van der Waals surface area (Å²) in [7, 11) is 0. The van der Waals surface area contributed by atoms with Crippen molar-refractivity contribution in [2.45, 2.75) is 45.1 Å². The molecule has 25 heavy (non-hydrogen) atoms. The van der Waals surface area contributed by atoms with Crippen LogP contribution in [0.25, 0.3) is 0 Å². The first-order chi connectivity index (χ1) is 12.1. The van der Waals surface area contributed by atoms with E-state index in [9.17, 15) is 14.4 Å². The van der Waals surface area contributed by atoms with Gasteiger partial charge in [0, 0.05) is 17.2 Å². The Hall–Kier alpha value is -2.69. The zero-order valence-electron chi connectivity index (χ0n) is 14.1. The fourth-order valence-electron chi connectivity index (χ4n) is 3.84. The number of fused-ring (bicyclic) bond motifs is 2. The van der Waals surface area contributed by atoms with Gasteiger partial charge in [-0.25, -0.2) is 0 Å². The van der Waals surface area contributed by atoms with E-state index in [1.54, 1.807) is 31.2 Å². The lowest BCUT2D eigenvalue weighted by Gasteiger charge is -2.23. The van der Waals surface area contributed by atoms with Crippen LogP contribution in [0.1, 0.15) is 80.3 Å². The van der Waals surface area contributed by atoms with Crippen LogP contribution < -0.4 is 5.32 Å². The molecule has 0 atom stereocenters. The maximum Gasteiger partial charge on any atom is 0.255 e. The molecule has 1 saturated carbocycles. The fourth-order valence-corrected chi connectivity index (χ4v) is 3.84. The fraction of sp³-hybridized carbons (Fsp3) is 0.350. The second-order valence-corrected chi connectivity index (χ2v) is 6.75. The van der Waals surface area contributed by atoms with Crippen molar-refractivity contribution in [3.8, 4) is 0 Å². The van der Waals surface area contributed by atoms with E-state index in [0.717, 1.165) is 25.7 Å². The molecule has 4 rings (SSSR count). The minimum atomic E-state index is -0.343. The molecule has 0 saturated heterocycles. The average Bonchev–Trinajstić information content (AvgIpc) is 2.98. The van der Waals surface area contributed by atoms with Gasteiger partial charge >= 0.3 is 0 Å². The van der Waals surface area contributed by atoms with Crippen molar-refractivity contribution < 1.29 is 18.8 Å². The SMILES string of the molecule is Cc1oc2c(c1C(=O)NC1CCCCC1)C(=O)c1ccccc1C2=O. The Labute approximate surface area is 145 Å². The normalized spacial score (nSPS) is 17.2. The summed E-state index contributed by atoms with van der Waals surface area (Å²) in [6, 6.07) is 6.76. The molecule has 5 nitrogen and oxygen atoms in total. The third-order valence-corrected chi connectivity index (χ3v) is 5.10. The van der Waals surface area contributed by atoms with Crippen molar-refractivity contribution in [1.29, 1.82) is 0 Å². The molecule has 5 heteroatoms. The van der Waals surface area contributed by atoms with Crippen LogP contribution in [0, 0.1) is 6.92 Å². The van der Waals surface area contributed by atoms with Crippen LogP contribution in [0.3, 0.4) is 0 Å². The summed E-state index contributed by atoms with van der Waals surface area (Å²) >= 11 is 0. The summed E-state index contributed by atoms with van der Waals surface area (Å²) in [4.78, 5) is 38.3. The lowest BCUT2D eigenvalue weighted by molar-refractivity contribution is 0.0916. The Balaban J connectivity index is 1.74. The molecule has 128 valence electrons. The summed E-state index contributed by atoms with van der Waals surface area (Å²) in [5.41, 5.74) is 0.962. The molecular weight excluding hydrogens is 318 g/mol. The van der Waals surface area contributed by atoms with E-state index >= 15 is 0 Å². The molecule has 2 aliphatic carbocycles. The average molecular weight is 337 g/mol. The van der Waals surface area contributed by atoms with E-state index in [-0.39, 0.29) is 40.4 Å². The lowest BCUT2D eigenvalue weighted by atomic mass is 9.86. The Kier molecular flexibility index (Phi) is 3.79. The van der Waals surface area contributed by atoms with E-state index in [4.69, 9.17) is 4.42 Å². The van der Waals surface area contributed by atoms with Gasteiger partial charge in [0.15, 0.2) is 11.5 Å². The van der Waals surface area contributed by atoms with Crippen LogP contribution in [-0.2, 0) is 0 Å². The van der Waals surface area contributed by atoms with Gasteiger partial charge in [0.25, 0.3) is 5.91 Å². The van der Waals surface area contributed by atoms with Gasteiger partial charge in [-0.15, -0.1) is 0 Å². The van der Waals surface area contributed by atoms with Crippen molar-refractivity contribution in [3.63, 3.8) is 0 Å². The first kappa shape index (κ1) is 15.8. The van der Waals surface area contributed by atoms with Crippen LogP contribution in [-0.4, -0.2) is 23.5 Å². The molecule has 2 aromatic rings. The molecule has 0 spiro atoms. The first-order valence-corrected chi connectivity index (χ1v) is 8.70. The number of nitrogens with one attached hydrogen (secondary N) is 1. The molecule has 1 aromatic heterocycles. The number of carbonyl (C=O) groups excluding carboxylic acids is 3. The quantitative estimate of drug-likeness (QED) is 0.777. The van der Waals surface area contributed by atoms with Gasteiger partial charge < -0.3 is 9.73 Å². The number of furan rings is 1. The molecule has 1 heterocycles. The zero-order chi connectivity index (χ0) is 17.6. The van der Waals surface area contributed by atoms with E-state index in [1.165, 1.54) is 6.42 Å². The number of carbonyl (C=O) groups is 3. The maximum absolute atomic E-state index is 12.9. The van der Waals surface area contributed by atoms with Gasteiger partial charge in [-0.05, 0) is 19.8 Å². The lowest BCUT2D eigenvalue weighted by Crippen LogP contribution is -2.37. The van der Waals surface area contributed by atoms with Crippen molar-refractivity contribution >= 4 is 17.5 Å². The Morgan fingerprint density at radius 3 is 2.36 bits per heavy atom.